The molecule has 0 spiro atoms. The van der Waals surface area contributed by atoms with Crippen LogP contribution in [0.2, 0.25) is 0 Å². The Hall–Kier alpha value is -1.80. The van der Waals surface area contributed by atoms with Gasteiger partial charge in [0, 0.05) is 13.8 Å². The molecule has 1 aliphatic rings. The summed E-state index contributed by atoms with van der Waals surface area (Å²) in [6.45, 7) is 0.0543. The van der Waals surface area contributed by atoms with Crippen molar-refractivity contribution >= 4 is 28.5 Å². The maximum atomic E-state index is 11.6. The third-order valence-electron chi connectivity index (χ3n) is 4.53. The number of rotatable bonds is 12. The van der Waals surface area contributed by atoms with Crippen LogP contribution in [0.5, 0.6) is 0 Å². The molecule has 1 heterocycles. The molecule has 0 saturated carbocycles. The highest BCUT2D eigenvalue weighted by Gasteiger charge is 2.50. The number of carbonyl (C=O) groups is 3. The highest BCUT2D eigenvalue weighted by atomic mass is 32.3. The van der Waals surface area contributed by atoms with Crippen molar-refractivity contribution in [3.05, 3.63) is 0 Å². The summed E-state index contributed by atoms with van der Waals surface area (Å²) in [5.74, 6) is -1.51. The van der Waals surface area contributed by atoms with Crippen molar-refractivity contribution in [3.63, 3.8) is 0 Å². The quantitative estimate of drug-likeness (QED) is 0.0911. The summed E-state index contributed by atoms with van der Waals surface area (Å²) in [5, 5.41) is 54.2. The van der Waals surface area contributed by atoms with Gasteiger partial charge in [0.25, 0.3) is 0 Å². The second-order valence-corrected chi connectivity index (χ2v) is 8.18. The zero-order valence-electron chi connectivity index (χ0n) is 17.5. The lowest BCUT2D eigenvalue weighted by molar-refractivity contribution is -0.296. The molecule has 0 aromatic heterocycles. The molecular weight excluding hydrogens is 476 g/mol. The number of amides is 2. The van der Waals surface area contributed by atoms with Gasteiger partial charge in [-0.3, -0.25) is 14.1 Å². The Morgan fingerprint density at radius 2 is 1.79 bits per heavy atom. The van der Waals surface area contributed by atoms with E-state index in [1.165, 1.54) is 0 Å². The minimum absolute atomic E-state index is 0.126. The van der Waals surface area contributed by atoms with E-state index >= 15 is 0 Å². The van der Waals surface area contributed by atoms with Gasteiger partial charge in [0.05, 0.1) is 13.2 Å². The van der Waals surface area contributed by atoms with Gasteiger partial charge < -0.3 is 50.4 Å². The maximum Gasteiger partial charge on any atom is 0.397 e. The largest absolute Gasteiger partial charge is 0.397 e. The second-order valence-electron chi connectivity index (χ2n) is 7.13. The lowest BCUT2D eigenvalue weighted by Crippen LogP contribution is -2.67. The normalized spacial score (nSPS) is 29.4. The van der Waals surface area contributed by atoms with Crippen molar-refractivity contribution in [2.24, 2.45) is 0 Å². The van der Waals surface area contributed by atoms with Gasteiger partial charge in [-0.05, 0) is 0 Å². The molecule has 0 aliphatic carbocycles. The molecule has 16 nitrogen and oxygen atoms in total. The van der Waals surface area contributed by atoms with Crippen LogP contribution < -0.4 is 10.6 Å². The Labute approximate surface area is 188 Å². The Kier molecular flexibility index (Phi) is 11.2. The molecule has 0 aromatic carbocycles. The standard InChI is InChI=1S/C16H28N2O14S/c1-6(22)17-8(3-19)12(25)14(9(24)4-20)31-16-11(18-7(2)23)13(26)15(10(5-21)30-16)32-33(27,28)29/h3,8-16,20-21,24-26H,4-5H2,1-2H3,(H,17,22)(H,18,23)(H,27,28,29)/t8-,9+,10+,11+,12+,13+,14+,15-,16?/m0/s1. The average molecular weight is 504 g/mol. The molecule has 8 N–H and O–H groups in total. The topological polar surface area (TPSA) is 258 Å². The maximum absolute atomic E-state index is 11.6. The van der Waals surface area contributed by atoms with Crippen LogP contribution in [0.15, 0.2) is 0 Å². The summed E-state index contributed by atoms with van der Waals surface area (Å²) in [5.41, 5.74) is 0. The first-order valence-electron chi connectivity index (χ1n) is 9.47. The Bertz CT molecular complexity index is 779. The van der Waals surface area contributed by atoms with Crippen molar-refractivity contribution in [3.8, 4) is 0 Å². The monoisotopic (exact) mass is 504 g/mol. The first-order chi connectivity index (χ1) is 15.2. The molecule has 33 heavy (non-hydrogen) atoms. The summed E-state index contributed by atoms with van der Waals surface area (Å²) >= 11 is 0. The number of carbonyl (C=O) groups excluding carboxylic acids is 3. The number of nitrogens with one attached hydrogen (secondary N) is 2. The lowest BCUT2D eigenvalue weighted by Gasteiger charge is -2.45. The van der Waals surface area contributed by atoms with Crippen molar-refractivity contribution in [2.75, 3.05) is 13.2 Å². The van der Waals surface area contributed by atoms with Gasteiger partial charge in [-0.1, -0.05) is 0 Å². The molecule has 17 heteroatoms. The van der Waals surface area contributed by atoms with Crippen molar-refractivity contribution < 1.29 is 66.5 Å². The Morgan fingerprint density at radius 1 is 1.18 bits per heavy atom. The fraction of sp³-hybridized carbons (Fsp3) is 0.812. The van der Waals surface area contributed by atoms with Crippen LogP contribution in [0, 0.1) is 0 Å². The first kappa shape index (κ1) is 29.2. The van der Waals surface area contributed by atoms with E-state index in [0.717, 1.165) is 13.8 Å². The van der Waals surface area contributed by atoms with E-state index in [2.05, 4.69) is 14.8 Å². The molecule has 0 radical (unpaired) electrons. The van der Waals surface area contributed by atoms with Crippen molar-refractivity contribution in [2.45, 2.75) is 68.8 Å². The van der Waals surface area contributed by atoms with Gasteiger partial charge in [-0.2, -0.15) is 8.42 Å². The fourth-order valence-electron chi connectivity index (χ4n) is 3.13. The zero-order chi connectivity index (χ0) is 25.5. The van der Waals surface area contributed by atoms with Crippen molar-refractivity contribution in [1.82, 2.24) is 10.6 Å². The van der Waals surface area contributed by atoms with Gasteiger partial charge in [-0.15, -0.1) is 0 Å². The summed E-state index contributed by atoms with van der Waals surface area (Å²) < 4.78 is 46.2. The second kappa shape index (κ2) is 12.6. The van der Waals surface area contributed by atoms with Gasteiger partial charge in [-0.25, -0.2) is 4.18 Å². The minimum atomic E-state index is -5.15. The number of aliphatic hydroxyl groups excluding tert-OH is 5. The minimum Gasteiger partial charge on any atom is -0.394 e. The highest BCUT2D eigenvalue weighted by Crippen LogP contribution is 2.27. The van der Waals surface area contributed by atoms with E-state index in [0.29, 0.717) is 0 Å². The number of ether oxygens (including phenoxy) is 2. The van der Waals surface area contributed by atoms with Crippen LogP contribution in [0.4, 0.5) is 0 Å². The molecule has 9 atom stereocenters. The molecule has 1 saturated heterocycles. The summed E-state index contributed by atoms with van der Waals surface area (Å²) in [7, 11) is -5.15. The third kappa shape index (κ3) is 8.49. The van der Waals surface area contributed by atoms with Crippen LogP contribution in [-0.2, 0) is 38.4 Å². The van der Waals surface area contributed by atoms with Gasteiger partial charge >= 0.3 is 10.4 Å². The van der Waals surface area contributed by atoms with Crippen LogP contribution >= 0.6 is 0 Å². The summed E-state index contributed by atoms with van der Waals surface area (Å²) in [4.78, 5) is 34.2. The van der Waals surface area contributed by atoms with Crippen LogP contribution in [0.1, 0.15) is 13.8 Å². The van der Waals surface area contributed by atoms with Crippen LogP contribution in [0.3, 0.4) is 0 Å². The number of hydrogen-bond donors (Lipinski definition) is 8. The smallest absolute Gasteiger partial charge is 0.394 e. The number of hydrogen-bond acceptors (Lipinski definition) is 13. The van der Waals surface area contributed by atoms with Gasteiger partial charge in [0.15, 0.2) is 6.29 Å². The molecule has 2 amide bonds. The van der Waals surface area contributed by atoms with E-state index < -0.39 is 90.4 Å². The summed E-state index contributed by atoms with van der Waals surface area (Å²) in [6, 6.07) is -3.28. The number of aliphatic hydroxyl groups is 5. The van der Waals surface area contributed by atoms with Crippen LogP contribution in [-0.4, -0.2) is 125 Å². The van der Waals surface area contributed by atoms with E-state index in [4.69, 9.17) is 14.0 Å². The molecule has 1 fully saturated rings. The van der Waals surface area contributed by atoms with Crippen LogP contribution in [0.25, 0.3) is 0 Å². The average Bonchev–Trinajstić information content (AvgIpc) is 2.71. The van der Waals surface area contributed by atoms with E-state index in [-0.39, 0.29) is 6.29 Å². The van der Waals surface area contributed by atoms with Gasteiger partial charge in [0.1, 0.15) is 55.0 Å². The molecule has 192 valence electrons. The first-order valence-corrected chi connectivity index (χ1v) is 10.8. The molecule has 1 rings (SSSR count). The highest BCUT2D eigenvalue weighted by molar-refractivity contribution is 7.80. The SMILES string of the molecule is CC(=O)N[C@@H](C=O)[C@@H](O)[C@H](OC1O[C@H](CO)[C@H](OS(=O)(=O)O)[C@H](O)[C@H]1NC(C)=O)[C@H](O)CO. The molecule has 0 bridgehead atoms. The zero-order valence-corrected chi connectivity index (χ0v) is 18.4. The predicted octanol–water partition coefficient (Wildman–Crippen LogP) is -5.44. The lowest BCUT2D eigenvalue weighted by atomic mass is 9.96. The van der Waals surface area contributed by atoms with Gasteiger partial charge in [0.2, 0.25) is 11.8 Å². The van der Waals surface area contributed by atoms with Crippen molar-refractivity contribution in [1.29, 1.82) is 0 Å². The number of aldehydes is 1. The fourth-order valence-corrected chi connectivity index (χ4v) is 3.65. The van der Waals surface area contributed by atoms with E-state index in [1.807, 2.05) is 0 Å². The molecular formula is C16H28N2O14S. The predicted molar refractivity (Wildman–Crippen MR) is 103 cm³/mol. The van der Waals surface area contributed by atoms with E-state index in [1.54, 1.807) is 0 Å². The Balaban J connectivity index is 3.30. The molecule has 0 aromatic rings. The molecule has 1 unspecified atom stereocenters. The summed E-state index contributed by atoms with van der Waals surface area (Å²) in [6.07, 6.45) is -13.0. The Morgan fingerprint density at radius 3 is 2.21 bits per heavy atom. The van der Waals surface area contributed by atoms with E-state index in [9.17, 15) is 48.3 Å². The molecule has 1 aliphatic heterocycles. The third-order valence-corrected chi connectivity index (χ3v) is 5.00.